The van der Waals surface area contributed by atoms with Crippen LogP contribution in [0.25, 0.3) is 10.9 Å². The van der Waals surface area contributed by atoms with Gasteiger partial charge >= 0.3 is 0 Å². The topological polar surface area (TPSA) is 69.0 Å². The van der Waals surface area contributed by atoms with E-state index in [4.69, 9.17) is 4.74 Å². The van der Waals surface area contributed by atoms with Gasteiger partial charge in [-0.15, -0.1) is 10.2 Å². The molecule has 1 N–H and O–H groups in total. The second-order valence-electron chi connectivity index (χ2n) is 6.08. The highest BCUT2D eigenvalue weighted by Crippen LogP contribution is 2.27. The third-order valence-corrected chi connectivity index (χ3v) is 4.85. The first-order valence-corrected chi connectivity index (χ1v) is 9.35. The van der Waals surface area contributed by atoms with Crippen molar-refractivity contribution in [3.05, 3.63) is 71.4 Å². The summed E-state index contributed by atoms with van der Waals surface area (Å²) in [4.78, 5) is 12.3. The van der Waals surface area contributed by atoms with Gasteiger partial charge in [-0.05, 0) is 30.7 Å². The van der Waals surface area contributed by atoms with E-state index in [1.165, 1.54) is 11.3 Å². The van der Waals surface area contributed by atoms with Crippen LogP contribution in [0.1, 0.15) is 10.6 Å². The second kappa shape index (κ2) is 7.59. The largest absolute Gasteiger partial charge is 0.488 e. The lowest BCUT2D eigenvalue weighted by Crippen LogP contribution is -2.18. The van der Waals surface area contributed by atoms with E-state index in [1.807, 2.05) is 72.3 Å². The third kappa shape index (κ3) is 3.98. The first-order valence-electron chi connectivity index (χ1n) is 8.53. The summed E-state index contributed by atoms with van der Waals surface area (Å²) in [6, 6.07) is 17.9. The molecule has 0 atom stereocenters. The smallest absolute Gasteiger partial charge is 0.246 e. The van der Waals surface area contributed by atoms with Crippen LogP contribution in [0.2, 0.25) is 0 Å². The van der Waals surface area contributed by atoms with Crippen LogP contribution < -0.4 is 10.1 Å². The molecule has 0 bridgehead atoms. The highest BCUT2D eigenvalue weighted by atomic mass is 32.1. The van der Waals surface area contributed by atoms with Gasteiger partial charge in [0.2, 0.25) is 11.0 Å². The van der Waals surface area contributed by atoms with Crippen molar-refractivity contribution < 1.29 is 9.53 Å². The molecule has 0 aliphatic heterocycles. The Balaban J connectivity index is 1.49. The predicted octanol–water partition coefficient (Wildman–Crippen LogP) is 4.02. The summed E-state index contributed by atoms with van der Waals surface area (Å²) in [6.07, 6.45) is 1.89. The number of nitrogens with one attached hydrogen (secondary N) is 1. The number of anilines is 1. The van der Waals surface area contributed by atoms with Gasteiger partial charge in [-0.2, -0.15) is 0 Å². The van der Waals surface area contributed by atoms with E-state index in [9.17, 15) is 4.79 Å². The molecule has 0 unspecified atom stereocenters. The minimum atomic E-state index is -0.140. The van der Waals surface area contributed by atoms with E-state index in [1.54, 1.807) is 0 Å². The minimum absolute atomic E-state index is 0.140. The number of carbonyl (C=O) groups excluding carboxylic acids is 1. The molecule has 4 rings (SSSR count). The molecule has 4 aromatic rings. The van der Waals surface area contributed by atoms with Gasteiger partial charge in [0.05, 0.1) is 5.52 Å². The summed E-state index contributed by atoms with van der Waals surface area (Å²) in [5.74, 6) is 0.662. The van der Waals surface area contributed by atoms with E-state index in [0.29, 0.717) is 11.7 Å². The molecule has 6 nitrogen and oxygen atoms in total. The molecular formula is C20H18N4O2S. The molecule has 0 fully saturated rings. The summed E-state index contributed by atoms with van der Waals surface area (Å²) in [5.41, 5.74) is 2.06. The molecule has 0 aliphatic carbocycles. The fourth-order valence-electron chi connectivity index (χ4n) is 2.85. The van der Waals surface area contributed by atoms with Crippen LogP contribution in [0.15, 0.2) is 60.8 Å². The molecular weight excluding hydrogens is 360 g/mol. The van der Waals surface area contributed by atoms with Crippen LogP contribution in [0.5, 0.6) is 5.75 Å². The fourth-order valence-corrected chi connectivity index (χ4v) is 3.46. The number of aryl methyl sites for hydroxylation is 1. The van der Waals surface area contributed by atoms with Gasteiger partial charge in [0, 0.05) is 11.6 Å². The molecule has 136 valence electrons. The Morgan fingerprint density at radius 2 is 1.96 bits per heavy atom. The number of hydrogen-bond donors (Lipinski definition) is 1. The van der Waals surface area contributed by atoms with Crippen molar-refractivity contribution in [2.45, 2.75) is 20.1 Å². The average molecular weight is 378 g/mol. The SMILES string of the molecule is Cc1nnc(NC(=O)Cn2ccc3c(OCc4ccccc4)cccc32)s1. The van der Waals surface area contributed by atoms with Crippen molar-refractivity contribution >= 4 is 33.3 Å². The second-order valence-corrected chi connectivity index (χ2v) is 7.26. The van der Waals surface area contributed by atoms with Crippen molar-refractivity contribution in [2.75, 3.05) is 5.32 Å². The number of fused-ring (bicyclic) bond motifs is 1. The van der Waals surface area contributed by atoms with Gasteiger partial charge in [0.1, 0.15) is 23.9 Å². The molecule has 2 heterocycles. The number of amides is 1. The molecule has 2 aromatic carbocycles. The van der Waals surface area contributed by atoms with Crippen molar-refractivity contribution in [1.29, 1.82) is 0 Å². The summed E-state index contributed by atoms with van der Waals surface area (Å²) in [5, 5.41) is 12.9. The van der Waals surface area contributed by atoms with Crippen molar-refractivity contribution in [1.82, 2.24) is 14.8 Å². The van der Waals surface area contributed by atoms with Crippen LogP contribution in [0.3, 0.4) is 0 Å². The van der Waals surface area contributed by atoms with Crippen LogP contribution >= 0.6 is 11.3 Å². The average Bonchev–Trinajstić information content (AvgIpc) is 3.27. The Morgan fingerprint density at radius 3 is 2.74 bits per heavy atom. The van der Waals surface area contributed by atoms with Crippen LogP contribution in [0.4, 0.5) is 5.13 Å². The van der Waals surface area contributed by atoms with E-state index < -0.39 is 0 Å². The minimum Gasteiger partial charge on any atom is -0.488 e. The predicted molar refractivity (Wildman–Crippen MR) is 106 cm³/mol. The summed E-state index contributed by atoms with van der Waals surface area (Å²) < 4.78 is 7.89. The van der Waals surface area contributed by atoms with Crippen LogP contribution in [-0.4, -0.2) is 20.7 Å². The van der Waals surface area contributed by atoms with E-state index in [2.05, 4.69) is 15.5 Å². The number of aromatic nitrogens is 3. The molecule has 0 saturated carbocycles. The lowest BCUT2D eigenvalue weighted by atomic mass is 10.2. The number of rotatable bonds is 6. The first-order chi connectivity index (χ1) is 13.2. The van der Waals surface area contributed by atoms with Gasteiger partial charge in [-0.1, -0.05) is 47.7 Å². The zero-order valence-electron chi connectivity index (χ0n) is 14.8. The quantitative estimate of drug-likeness (QED) is 0.550. The highest BCUT2D eigenvalue weighted by Gasteiger charge is 2.11. The summed E-state index contributed by atoms with van der Waals surface area (Å²) >= 11 is 1.36. The number of benzene rings is 2. The molecule has 2 aromatic heterocycles. The Bertz CT molecular complexity index is 1070. The molecule has 0 spiro atoms. The van der Waals surface area contributed by atoms with E-state index >= 15 is 0 Å². The number of hydrogen-bond acceptors (Lipinski definition) is 5. The highest BCUT2D eigenvalue weighted by molar-refractivity contribution is 7.15. The van der Waals surface area contributed by atoms with E-state index in [0.717, 1.165) is 27.2 Å². The van der Waals surface area contributed by atoms with Gasteiger partial charge < -0.3 is 9.30 Å². The zero-order chi connectivity index (χ0) is 18.6. The monoisotopic (exact) mass is 378 g/mol. The maximum absolute atomic E-state index is 12.3. The van der Waals surface area contributed by atoms with Gasteiger partial charge in [-0.25, -0.2) is 0 Å². The Kier molecular flexibility index (Phi) is 4.84. The molecule has 0 radical (unpaired) electrons. The molecule has 0 saturated heterocycles. The Morgan fingerprint density at radius 1 is 1.11 bits per heavy atom. The lowest BCUT2D eigenvalue weighted by Gasteiger charge is -2.09. The van der Waals surface area contributed by atoms with Crippen molar-refractivity contribution in [3.63, 3.8) is 0 Å². The molecule has 0 aliphatic rings. The maximum Gasteiger partial charge on any atom is 0.246 e. The number of ether oxygens (including phenoxy) is 1. The van der Waals surface area contributed by atoms with Crippen LogP contribution in [-0.2, 0) is 17.9 Å². The molecule has 7 heteroatoms. The lowest BCUT2D eigenvalue weighted by molar-refractivity contribution is -0.116. The Hall–Kier alpha value is -3.19. The fraction of sp³-hybridized carbons (Fsp3) is 0.150. The standard InChI is InChI=1S/C20H18N4O2S/c1-14-22-23-20(27-14)21-19(25)12-24-11-10-16-17(24)8-5-9-18(16)26-13-15-6-3-2-4-7-15/h2-11H,12-13H2,1H3,(H,21,23,25). The van der Waals surface area contributed by atoms with E-state index in [-0.39, 0.29) is 12.5 Å². The van der Waals surface area contributed by atoms with Gasteiger partial charge in [0.25, 0.3) is 0 Å². The van der Waals surface area contributed by atoms with Crippen molar-refractivity contribution in [3.8, 4) is 5.75 Å². The summed E-state index contributed by atoms with van der Waals surface area (Å²) in [7, 11) is 0. The molecule has 1 amide bonds. The number of nitrogens with zero attached hydrogens (tertiary/aromatic N) is 3. The van der Waals surface area contributed by atoms with Crippen molar-refractivity contribution in [2.24, 2.45) is 0 Å². The van der Waals surface area contributed by atoms with Gasteiger partial charge in [0.15, 0.2) is 0 Å². The normalized spacial score (nSPS) is 10.9. The maximum atomic E-state index is 12.3. The Labute approximate surface area is 160 Å². The van der Waals surface area contributed by atoms with Crippen LogP contribution in [0, 0.1) is 6.92 Å². The third-order valence-electron chi connectivity index (χ3n) is 4.10. The first kappa shape index (κ1) is 17.2. The molecule has 27 heavy (non-hydrogen) atoms. The number of carbonyl (C=O) groups is 1. The summed E-state index contributed by atoms with van der Waals surface area (Å²) in [6.45, 7) is 2.55. The zero-order valence-corrected chi connectivity index (χ0v) is 15.6. The van der Waals surface area contributed by atoms with Gasteiger partial charge in [-0.3, -0.25) is 10.1 Å².